The van der Waals surface area contributed by atoms with E-state index < -0.39 is 0 Å². The van der Waals surface area contributed by atoms with E-state index in [0.29, 0.717) is 0 Å². The lowest BCUT2D eigenvalue weighted by Gasteiger charge is -2.21. The molecule has 0 saturated carbocycles. The molecule has 2 rings (SSSR count). The van der Waals surface area contributed by atoms with Crippen LogP contribution in [0.15, 0.2) is 24.3 Å². The maximum absolute atomic E-state index is 6.26. The summed E-state index contributed by atoms with van der Waals surface area (Å²) in [5.74, 6) is 0.913. The third kappa shape index (κ3) is 3.79. The molecule has 0 bridgehead atoms. The molecule has 1 aromatic carbocycles. The summed E-state index contributed by atoms with van der Waals surface area (Å²) in [4.78, 5) is 1.23. The summed E-state index contributed by atoms with van der Waals surface area (Å²) in [5.41, 5.74) is 3.53. The number of hydrogen-bond donors (Lipinski definition) is 1. The number of halogens is 1. The summed E-state index contributed by atoms with van der Waals surface area (Å²) in [6.45, 7) is 7.28. The van der Waals surface area contributed by atoms with Crippen molar-refractivity contribution < 1.29 is 4.74 Å². The number of thiophene rings is 1. The van der Waals surface area contributed by atoms with Crippen molar-refractivity contribution in [3.05, 3.63) is 50.2 Å². The van der Waals surface area contributed by atoms with Crippen LogP contribution in [0.5, 0.6) is 5.75 Å². The molecule has 21 heavy (non-hydrogen) atoms. The van der Waals surface area contributed by atoms with E-state index in [1.54, 1.807) is 18.4 Å². The quantitative estimate of drug-likeness (QED) is 0.797. The molecule has 0 spiro atoms. The van der Waals surface area contributed by atoms with Gasteiger partial charge in [-0.1, -0.05) is 36.2 Å². The second kappa shape index (κ2) is 7.30. The van der Waals surface area contributed by atoms with Gasteiger partial charge in [-0.3, -0.25) is 0 Å². The molecule has 0 aliphatic heterocycles. The molecule has 114 valence electrons. The van der Waals surface area contributed by atoms with Crippen molar-refractivity contribution in [3.8, 4) is 5.75 Å². The van der Waals surface area contributed by atoms with Gasteiger partial charge in [0.05, 0.1) is 17.5 Å². The molecule has 1 unspecified atom stereocenters. The summed E-state index contributed by atoms with van der Waals surface area (Å²) < 4.78 is 6.41. The van der Waals surface area contributed by atoms with E-state index in [0.717, 1.165) is 28.6 Å². The second-order valence-corrected chi connectivity index (χ2v) is 6.92. The predicted octanol–water partition coefficient (Wildman–Crippen LogP) is 5.12. The van der Waals surface area contributed by atoms with Gasteiger partial charge in [0.25, 0.3) is 0 Å². The van der Waals surface area contributed by atoms with Crippen LogP contribution in [0.4, 0.5) is 0 Å². The Bertz CT molecular complexity index is 589. The fraction of sp³-hybridized carbons (Fsp3) is 0.412. The molecule has 0 amide bonds. The normalized spacial score (nSPS) is 12.4. The molecule has 1 atom stereocenters. The molecule has 0 fully saturated rings. The summed E-state index contributed by atoms with van der Waals surface area (Å²) in [6, 6.07) is 8.59. The highest BCUT2D eigenvalue weighted by atomic mass is 35.5. The predicted molar refractivity (Wildman–Crippen MR) is 91.9 cm³/mol. The van der Waals surface area contributed by atoms with Crippen molar-refractivity contribution >= 4 is 22.9 Å². The molecule has 0 aliphatic rings. The fourth-order valence-electron chi connectivity index (χ4n) is 2.36. The van der Waals surface area contributed by atoms with Gasteiger partial charge in [0.15, 0.2) is 0 Å². The molecule has 0 saturated heterocycles. The fourth-order valence-corrected chi connectivity index (χ4v) is 3.67. The standard InChI is InChI=1S/C17H22ClNOS/c1-5-8-19-16(15-10-12(3)17(18)21-15)13-9-11(2)6-7-14(13)20-4/h6-7,9-10,16,19H,5,8H2,1-4H3. The zero-order valence-electron chi connectivity index (χ0n) is 13.0. The van der Waals surface area contributed by atoms with Crippen LogP contribution < -0.4 is 10.1 Å². The highest BCUT2D eigenvalue weighted by molar-refractivity contribution is 7.16. The van der Waals surface area contributed by atoms with Crippen LogP contribution in [0, 0.1) is 13.8 Å². The monoisotopic (exact) mass is 323 g/mol. The van der Waals surface area contributed by atoms with Gasteiger partial charge in [-0.15, -0.1) is 11.3 Å². The van der Waals surface area contributed by atoms with E-state index in [2.05, 4.69) is 37.4 Å². The smallest absolute Gasteiger partial charge is 0.124 e. The van der Waals surface area contributed by atoms with Crippen LogP contribution in [-0.2, 0) is 0 Å². The minimum atomic E-state index is 0.121. The first-order valence-corrected chi connectivity index (χ1v) is 8.40. The Morgan fingerprint density at radius 1 is 1.29 bits per heavy atom. The van der Waals surface area contributed by atoms with Gasteiger partial charge in [-0.25, -0.2) is 0 Å². The number of methoxy groups -OCH3 is 1. The largest absolute Gasteiger partial charge is 0.496 e. The zero-order valence-corrected chi connectivity index (χ0v) is 14.6. The van der Waals surface area contributed by atoms with Crippen LogP contribution in [0.25, 0.3) is 0 Å². The Labute approximate surface area is 136 Å². The molecule has 2 nitrogen and oxygen atoms in total. The molecule has 2 aromatic rings. The van der Waals surface area contributed by atoms with Crippen LogP contribution in [-0.4, -0.2) is 13.7 Å². The molecular formula is C17H22ClNOS. The Morgan fingerprint density at radius 2 is 2.05 bits per heavy atom. The minimum absolute atomic E-state index is 0.121. The number of hydrogen-bond acceptors (Lipinski definition) is 3. The Kier molecular flexibility index (Phi) is 5.68. The van der Waals surface area contributed by atoms with Gasteiger partial charge < -0.3 is 10.1 Å². The van der Waals surface area contributed by atoms with Crippen molar-refractivity contribution in [2.24, 2.45) is 0 Å². The Hall–Kier alpha value is -1.03. The van der Waals surface area contributed by atoms with Crippen molar-refractivity contribution in [2.45, 2.75) is 33.2 Å². The second-order valence-electron chi connectivity index (χ2n) is 5.24. The first kappa shape index (κ1) is 16.3. The SMILES string of the molecule is CCCNC(c1cc(C)c(Cl)s1)c1cc(C)ccc1OC. The highest BCUT2D eigenvalue weighted by Crippen LogP contribution is 2.37. The molecule has 0 radical (unpaired) electrons. The van der Waals surface area contributed by atoms with E-state index in [9.17, 15) is 0 Å². The highest BCUT2D eigenvalue weighted by Gasteiger charge is 2.20. The van der Waals surface area contributed by atoms with Crippen molar-refractivity contribution in [3.63, 3.8) is 0 Å². The lowest BCUT2D eigenvalue weighted by molar-refractivity contribution is 0.404. The molecular weight excluding hydrogens is 302 g/mol. The molecule has 1 aromatic heterocycles. The average molecular weight is 324 g/mol. The van der Waals surface area contributed by atoms with Crippen LogP contribution in [0.2, 0.25) is 4.34 Å². The van der Waals surface area contributed by atoms with Crippen LogP contribution >= 0.6 is 22.9 Å². The van der Waals surface area contributed by atoms with E-state index in [1.165, 1.54) is 16.0 Å². The maximum atomic E-state index is 6.26. The van der Waals surface area contributed by atoms with E-state index in [-0.39, 0.29) is 6.04 Å². The molecule has 4 heteroatoms. The number of ether oxygens (including phenoxy) is 1. The lowest BCUT2D eigenvalue weighted by atomic mass is 10.0. The summed E-state index contributed by atoms with van der Waals surface area (Å²) in [5, 5.41) is 3.62. The van der Waals surface area contributed by atoms with E-state index in [4.69, 9.17) is 16.3 Å². The summed E-state index contributed by atoms with van der Waals surface area (Å²) in [6.07, 6.45) is 1.09. The minimum Gasteiger partial charge on any atom is -0.496 e. The third-order valence-electron chi connectivity index (χ3n) is 3.46. The van der Waals surface area contributed by atoms with Crippen molar-refractivity contribution in [2.75, 3.05) is 13.7 Å². The number of nitrogens with one attached hydrogen (secondary N) is 1. The maximum Gasteiger partial charge on any atom is 0.124 e. The zero-order chi connectivity index (χ0) is 15.4. The number of aryl methyl sites for hydroxylation is 2. The lowest BCUT2D eigenvalue weighted by Crippen LogP contribution is -2.23. The van der Waals surface area contributed by atoms with Gasteiger partial charge in [0, 0.05) is 10.4 Å². The van der Waals surface area contributed by atoms with E-state index >= 15 is 0 Å². The van der Waals surface area contributed by atoms with Gasteiger partial charge in [-0.05, 0) is 44.5 Å². The first-order chi connectivity index (χ1) is 10.1. The third-order valence-corrected chi connectivity index (χ3v) is 5.08. The molecule has 1 N–H and O–H groups in total. The van der Waals surface area contributed by atoms with E-state index in [1.807, 2.05) is 13.0 Å². The van der Waals surface area contributed by atoms with Gasteiger partial charge in [-0.2, -0.15) is 0 Å². The molecule has 0 aliphatic carbocycles. The van der Waals surface area contributed by atoms with Crippen LogP contribution in [0.3, 0.4) is 0 Å². The molecule has 1 heterocycles. The summed E-state index contributed by atoms with van der Waals surface area (Å²) in [7, 11) is 1.72. The Balaban J connectivity index is 2.47. The van der Waals surface area contributed by atoms with Gasteiger partial charge in [0.2, 0.25) is 0 Å². The number of benzene rings is 1. The topological polar surface area (TPSA) is 21.3 Å². The van der Waals surface area contributed by atoms with Crippen LogP contribution in [0.1, 0.15) is 41.0 Å². The Morgan fingerprint density at radius 3 is 2.62 bits per heavy atom. The van der Waals surface area contributed by atoms with Crippen molar-refractivity contribution in [1.29, 1.82) is 0 Å². The van der Waals surface area contributed by atoms with Gasteiger partial charge in [0.1, 0.15) is 5.75 Å². The number of rotatable bonds is 6. The average Bonchev–Trinajstić information content (AvgIpc) is 2.79. The van der Waals surface area contributed by atoms with Crippen molar-refractivity contribution in [1.82, 2.24) is 5.32 Å². The first-order valence-electron chi connectivity index (χ1n) is 7.20. The summed E-state index contributed by atoms with van der Waals surface area (Å²) >= 11 is 7.90. The van der Waals surface area contributed by atoms with Gasteiger partial charge >= 0.3 is 0 Å².